The predicted octanol–water partition coefficient (Wildman–Crippen LogP) is 0.527. The maximum atomic E-state index is 10.8. The van der Waals surface area contributed by atoms with Crippen LogP contribution >= 0.6 is 0 Å². The highest BCUT2D eigenvalue weighted by atomic mass is 16.5. The molecule has 1 rings (SSSR count). The van der Waals surface area contributed by atoms with Crippen molar-refractivity contribution in [2.24, 2.45) is 5.92 Å². The van der Waals surface area contributed by atoms with Gasteiger partial charge in [-0.1, -0.05) is 0 Å². The molecule has 2 atom stereocenters. The van der Waals surface area contributed by atoms with Gasteiger partial charge >= 0.3 is 5.97 Å². The minimum Gasteiger partial charge on any atom is -0.462 e. The second-order valence-corrected chi connectivity index (χ2v) is 2.62. The number of cyclic esters (lactones) is 1. The van der Waals surface area contributed by atoms with Gasteiger partial charge in [-0.15, -0.1) is 0 Å². The van der Waals surface area contributed by atoms with E-state index in [1.54, 1.807) is 6.92 Å². The van der Waals surface area contributed by atoms with Crippen LogP contribution in [0.2, 0.25) is 0 Å². The highest BCUT2D eigenvalue weighted by Gasteiger charge is 2.34. The van der Waals surface area contributed by atoms with Gasteiger partial charge in [-0.25, -0.2) is 0 Å². The lowest BCUT2D eigenvalue weighted by molar-refractivity contribution is -0.140. The third-order valence-electron chi connectivity index (χ3n) is 1.79. The zero-order chi connectivity index (χ0) is 7.72. The Kier molecular flexibility index (Phi) is 1.74. The van der Waals surface area contributed by atoms with Crippen LogP contribution in [0.25, 0.3) is 0 Å². The number of ketones is 1. The van der Waals surface area contributed by atoms with Crippen LogP contribution in [0.15, 0.2) is 0 Å². The van der Waals surface area contributed by atoms with Gasteiger partial charge in [-0.05, 0) is 13.8 Å². The molecule has 0 aliphatic carbocycles. The number of hydrogen-bond acceptors (Lipinski definition) is 3. The number of ether oxygens (including phenoxy) is 1. The normalized spacial score (nSPS) is 32.0. The maximum absolute atomic E-state index is 10.8. The summed E-state index contributed by atoms with van der Waals surface area (Å²) in [5.74, 6) is -0.418. The average molecular weight is 142 g/mol. The Morgan fingerprint density at radius 3 is 2.50 bits per heavy atom. The second-order valence-electron chi connectivity index (χ2n) is 2.62. The maximum Gasteiger partial charge on any atom is 0.306 e. The highest BCUT2D eigenvalue weighted by Crippen LogP contribution is 2.21. The van der Waals surface area contributed by atoms with E-state index in [1.165, 1.54) is 6.92 Å². The number of carbonyl (C=O) groups excluding carboxylic acids is 2. The quantitative estimate of drug-likeness (QED) is 0.501. The van der Waals surface area contributed by atoms with Crippen LogP contribution in [0, 0.1) is 5.92 Å². The van der Waals surface area contributed by atoms with E-state index in [0.29, 0.717) is 0 Å². The van der Waals surface area contributed by atoms with Gasteiger partial charge in [0.15, 0.2) is 0 Å². The summed E-state index contributed by atoms with van der Waals surface area (Å²) in [4.78, 5) is 21.4. The first kappa shape index (κ1) is 7.25. The highest BCUT2D eigenvalue weighted by molar-refractivity contribution is 5.86. The van der Waals surface area contributed by atoms with Crippen LogP contribution < -0.4 is 0 Å². The molecule has 3 nitrogen and oxygen atoms in total. The summed E-state index contributed by atoms with van der Waals surface area (Å²) in [6.45, 7) is 3.24. The van der Waals surface area contributed by atoms with E-state index in [4.69, 9.17) is 4.74 Å². The summed E-state index contributed by atoms with van der Waals surface area (Å²) in [5.41, 5.74) is 0. The van der Waals surface area contributed by atoms with E-state index in [1.807, 2.05) is 0 Å². The third-order valence-corrected chi connectivity index (χ3v) is 1.79. The molecule has 1 heterocycles. The second kappa shape index (κ2) is 2.40. The van der Waals surface area contributed by atoms with Gasteiger partial charge in [-0.3, -0.25) is 9.59 Å². The van der Waals surface area contributed by atoms with E-state index < -0.39 is 0 Å². The van der Waals surface area contributed by atoms with Gasteiger partial charge in [0.25, 0.3) is 0 Å². The minimum atomic E-state index is -0.257. The molecule has 0 amide bonds. The van der Waals surface area contributed by atoms with Crippen molar-refractivity contribution in [1.29, 1.82) is 0 Å². The van der Waals surface area contributed by atoms with E-state index in [-0.39, 0.29) is 30.2 Å². The van der Waals surface area contributed by atoms with Crippen LogP contribution in [0.3, 0.4) is 0 Å². The summed E-state index contributed by atoms with van der Waals surface area (Å²) in [6.07, 6.45) is 0.0428. The standard InChI is InChI=1S/C7H10O3/c1-4(8)6-3-7(9)10-5(6)2/h5-6H,3H2,1-2H3. The molecule has 1 saturated heterocycles. The van der Waals surface area contributed by atoms with Crippen molar-refractivity contribution in [2.75, 3.05) is 0 Å². The average Bonchev–Trinajstić information content (AvgIpc) is 2.10. The largest absolute Gasteiger partial charge is 0.462 e. The molecule has 2 unspecified atom stereocenters. The van der Waals surface area contributed by atoms with Gasteiger partial charge in [0.05, 0.1) is 12.3 Å². The van der Waals surface area contributed by atoms with Crippen molar-refractivity contribution < 1.29 is 14.3 Å². The van der Waals surface area contributed by atoms with Gasteiger partial charge in [0.1, 0.15) is 11.9 Å². The molecule has 0 aromatic rings. The summed E-state index contributed by atoms with van der Waals surface area (Å²) in [6, 6.07) is 0. The molecular weight excluding hydrogens is 132 g/mol. The third kappa shape index (κ3) is 1.17. The molecule has 0 aromatic heterocycles. The van der Waals surface area contributed by atoms with Gasteiger partial charge in [0, 0.05) is 0 Å². The van der Waals surface area contributed by atoms with Crippen LogP contribution in [0.1, 0.15) is 20.3 Å². The monoisotopic (exact) mass is 142 g/mol. The van der Waals surface area contributed by atoms with E-state index in [2.05, 4.69) is 0 Å². The summed E-state index contributed by atoms with van der Waals surface area (Å²) < 4.78 is 4.78. The van der Waals surface area contributed by atoms with Crippen molar-refractivity contribution in [3.05, 3.63) is 0 Å². The van der Waals surface area contributed by atoms with Crippen molar-refractivity contribution >= 4 is 11.8 Å². The topological polar surface area (TPSA) is 43.4 Å². The summed E-state index contributed by atoms with van der Waals surface area (Å²) >= 11 is 0. The summed E-state index contributed by atoms with van der Waals surface area (Å²) in [5, 5.41) is 0. The van der Waals surface area contributed by atoms with E-state index in [9.17, 15) is 9.59 Å². The molecule has 0 N–H and O–H groups in total. The van der Waals surface area contributed by atoms with Crippen molar-refractivity contribution in [3.63, 3.8) is 0 Å². The molecule has 0 saturated carbocycles. The Hall–Kier alpha value is -0.860. The van der Waals surface area contributed by atoms with Crippen molar-refractivity contribution in [3.8, 4) is 0 Å². The molecular formula is C7H10O3. The molecule has 1 aliphatic heterocycles. The Morgan fingerprint density at radius 2 is 2.30 bits per heavy atom. The number of Topliss-reactive ketones (excluding diaryl/α,β-unsaturated/α-hetero) is 1. The molecule has 0 radical (unpaired) electrons. The Labute approximate surface area is 59.4 Å². The zero-order valence-electron chi connectivity index (χ0n) is 6.09. The molecule has 10 heavy (non-hydrogen) atoms. The fraction of sp³-hybridized carbons (Fsp3) is 0.714. The lowest BCUT2D eigenvalue weighted by Crippen LogP contribution is -2.18. The van der Waals surface area contributed by atoms with Crippen LogP contribution in [0.5, 0.6) is 0 Å². The number of rotatable bonds is 1. The molecule has 1 fully saturated rings. The number of esters is 1. The first-order chi connectivity index (χ1) is 4.61. The molecule has 0 aromatic carbocycles. The number of carbonyl (C=O) groups is 2. The van der Waals surface area contributed by atoms with Gasteiger partial charge in [-0.2, -0.15) is 0 Å². The van der Waals surface area contributed by atoms with Crippen LogP contribution in [-0.4, -0.2) is 17.9 Å². The lowest BCUT2D eigenvalue weighted by atomic mass is 9.99. The molecule has 1 aliphatic rings. The van der Waals surface area contributed by atoms with Gasteiger partial charge in [0.2, 0.25) is 0 Å². The fourth-order valence-corrected chi connectivity index (χ4v) is 1.16. The van der Waals surface area contributed by atoms with Crippen LogP contribution in [0.4, 0.5) is 0 Å². The Bertz CT molecular complexity index is 174. The molecule has 56 valence electrons. The van der Waals surface area contributed by atoms with E-state index in [0.717, 1.165) is 0 Å². The molecule has 0 spiro atoms. The first-order valence-corrected chi connectivity index (χ1v) is 3.31. The smallest absolute Gasteiger partial charge is 0.306 e. The molecule has 0 bridgehead atoms. The molecule has 3 heteroatoms. The van der Waals surface area contributed by atoms with Crippen molar-refractivity contribution in [1.82, 2.24) is 0 Å². The van der Waals surface area contributed by atoms with E-state index >= 15 is 0 Å². The van der Waals surface area contributed by atoms with Gasteiger partial charge < -0.3 is 4.74 Å². The lowest BCUT2D eigenvalue weighted by Gasteiger charge is -2.06. The summed E-state index contributed by atoms with van der Waals surface area (Å²) in [7, 11) is 0. The van der Waals surface area contributed by atoms with Crippen molar-refractivity contribution in [2.45, 2.75) is 26.4 Å². The fourth-order valence-electron chi connectivity index (χ4n) is 1.16. The minimum absolute atomic E-state index is 0.0401. The predicted molar refractivity (Wildman–Crippen MR) is 34.3 cm³/mol. The zero-order valence-corrected chi connectivity index (χ0v) is 6.09. The number of hydrogen-bond donors (Lipinski definition) is 0. The Morgan fingerprint density at radius 1 is 1.70 bits per heavy atom. The first-order valence-electron chi connectivity index (χ1n) is 3.31. The Balaban J connectivity index is 2.63. The van der Waals surface area contributed by atoms with Crippen LogP contribution in [-0.2, 0) is 14.3 Å². The SMILES string of the molecule is CC(=O)C1CC(=O)OC1C.